The third-order valence-corrected chi connectivity index (χ3v) is 4.27. The van der Waals surface area contributed by atoms with Crippen LogP contribution in [0.25, 0.3) is 11.3 Å². The van der Waals surface area contributed by atoms with Gasteiger partial charge in [-0.3, -0.25) is 4.79 Å². The van der Waals surface area contributed by atoms with E-state index < -0.39 is 17.6 Å². The zero-order valence-electron chi connectivity index (χ0n) is 13.6. The summed E-state index contributed by atoms with van der Waals surface area (Å²) >= 11 is 3.27. The lowest BCUT2D eigenvalue weighted by molar-refractivity contribution is -0.137. The van der Waals surface area contributed by atoms with Gasteiger partial charge in [-0.25, -0.2) is 5.43 Å². The molecule has 3 aromatic rings. The van der Waals surface area contributed by atoms with Crippen LogP contribution in [0.4, 0.5) is 13.2 Å². The average Bonchev–Trinajstić information content (AvgIpc) is 3.10. The van der Waals surface area contributed by atoms with E-state index >= 15 is 0 Å². The molecule has 1 N–H and O–H groups in total. The first kappa shape index (κ1) is 18.9. The highest BCUT2D eigenvalue weighted by Crippen LogP contribution is 2.32. The Kier molecular flexibility index (Phi) is 5.46. The molecule has 0 aliphatic carbocycles. The van der Waals surface area contributed by atoms with Crippen molar-refractivity contribution < 1.29 is 22.4 Å². The number of carbonyl (C=O) groups is 1. The summed E-state index contributed by atoms with van der Waals surface area (Å²) in [6.07, 6.45) is -3.16. The summed E-state index contributed by atoms with van der Waals surface area (Å²) in [5.41, 5.74) is 2.31. The van der Waals surface area contributed by atoms with Gasteiger partial charge in [0.05, 0.1) is 17.3 Å². The number of carbonyl (C=O) groups excluding carboxylic acids is 1. The molecule has 3 rings (SSSR count). The van der Waals surface area contributed by atoms with E-state index in [2.05, 4.69) is 26.5 Å². The number of nitrogens with one attached hydrogen (secondary N) is 1. The molecular formula is C19H12BrF3N2O2. The Morgan fingerprint density at radius 2 is 1.85 bits per heavy atom. The highest BCUT2D eigenvalue weighted by molar-refractivity contribution is 9.10. The smallest absolute Gasteiger partial charge is 0.416 e. The zero-order valence-corrected chi connectivity index (χ0v) is 15.2. The van der Waals surface area contributed by atoms with Crippen molar-refractivity contribution in [1.82, 2.24) is 5.43 Å². The van der Waals surface area contributed by atoms with Crippen LogP contribution < -0.4 is 5.43 Å². The molecule has 27 heavy (non-hydrogen) atoms. The van der Waals surface area contributed by atoms with Crippen molar-refractivity contribution in [2.75, 3.05) is 0 Å². The van der Waals surface area contributed by atoms with Gasteiger partial charge in [-0.05, 0) is 52.3 Å². The minimum atomic E-state index is -4.43. The topological polar surface area (TPSA) is 54.6 Å². The normalized spacial score (nSPS) is 11.7. The minimum Gasteiger partial charge on any atom is -0.455 e. The van der Waals surface area contributed by atoms with Crippen LogP contribution in [0.2, 0.25) is 0 Å². The lowest BCUT2D eigenvalue weighted by Crippen LogP contribution is -2.17. The molecule has 0 spiro atoms. The number of benzene rings is 2. The Hall–Kier alpha value is -2.87. The van der Waals surface area contributed by atoms with Gasteiger partial charge in [0.2, 0.25) is 0 Å². The predicted molar refractivity (Wildman–Crippen MR) is 98.3 cm³/mol. The molecule has 0 aliphatic rings. The number of amides is 1. The van der Waals surface area contributed by atoms with E-state index in [1.807, 2.05) is 0 Å². The molecule has 4 nitrogen and oxygen atoms in total. The lowest BCUT2D eigenvalue weighted by Gasteiger charge is -2.07. The molecule has 0 unspecified atom stereocenters. The maximum atomic E-state index is 12.8. The van der Waals surface area contributed by atoms with Crippen molar-refractivity contribution >= 4 is 28.1 Å². The van der Waals surface area contributed by atoms with Gasteiger partial charge in [-0.2, -0.15) is 18.3 Å². The number of hydrogen-bond acceptors (Lipinski definition) is 3. The Balaban J connectivity index is 1.70. The van der Waals surface area contributed by atoms with E-state index in [0.717, 1.165) is 12.1 Å². The van der Waals surface area contributed by atoms with E-state index in [4.69, 9.17) is 4.42 Å². The van der Waals surface area contributed by atoms with Gasteiger partial charge >= 0.3 is 6.18 Å². The molecule has 0 radical (unpaired) electrons. The first-order valence-corrected chi connectivity index (χ1v) is 8.49. The standard InChI is InChI=1S/C19H12BrF3N2O2/c20-16-7-2-1-6-15(16)18(26)25-24-11-14-8-9-17(27-14)12-4-3-5-13(10-12)19(21,22)23/h1-11H,(H,25,26)/b24-11-. The maximum Gasteiger partial charge on any atom is 0.416 e. The van der Waals surface area contributed by atoms with E-state index in [1.54, 1.807) is 30.3 Å². The third-order valence-electron chi connectivity index (χ3n) is 3.58. The van der Waals surface area contributed by atoms with Crippen LogP contribution in [0.15, 0.2) is 74.7 Å². The number of halogens is 4. The molecule has 0 atom stereocenters. The first-order valence-electron chi connectivity index (χ1n) is 7.70. The highest BCUT2D eigenvalue weighted by Gasteiger charge is 2.30. The number of alkyl halides is 3. The average molecular weight is 437 g/mol. The molecule has 1 aromatic heterocycles. The van der Waals surface area contributed by atoms with Crippen molar-refractivity contribution in [1.29, 1.82) is 0 Å². The van der Waals surface area contributed by atoms with Gasteiger partial charge < -0.3 is 4.42 Å². The Morgan fingerprint density at radius 1 is 1.07 bits per heavy atom. The first-order chi connectivity index (χ1) is 12.8. The molecule has 1 amide bonds. The lowest BCUT2D eigenvalue weighted by atomic mass is 10.1. The van der Waals surface area contributed by atoms with Gasteiger partial charge in [-0.15, -0.1) is 0 Å². The Morgan fingerprint density at radius 3 is 2.59 bits per heavy atom. The van der Waals surface area contributed by atoms with Crippen LogP contribution >= 0.6 is 15.9 Å². The summed E-state index contributed by atoms with van der Waals surface area (Å²) < 4.78 is 44.5. The number of hydrazone groups is 1. The Bertz CT molecular complexity index is 996. The Labute approximate surface area is 160 Å². The molecule has 1 heterocycles. The third kappa shape index (κ3) is 4.65. The summed E-state index contributed by atoms with van der Waals surface area (Å²) in [6.45, 7) is 0. The van der Waals surface area contributed by atoms with Crippen LogP contribution in [-0.2, 0) is 6.18 Å². The summed E-state index contributed by atoms with van der Waals surface area (Å²) in [5, 5.41) is 3.80. The molecule has 0 bridgehead atoms. The van der Waals surface area contributed by atoms with Crippen LogP contribution in [-0.4, -0.2) is 12.1 Å². The van der Waals surface area contributed by atoms with E-state index in [-0.39, 0.29) is 11.5 Å². The molecule has 0 saturated heterocycles. The van der Waals surface area contributed by atoms with Crippen molar-refractivity contribution in [3.63, 3.8) is 0 Å². The van der Waals surface area contributed by atoms with E-state index in [1.165, 1.54) is 24.4 Å². The quantitative estimate of drug-likeness (QED) is 0.434. The van der Waals surface area contributed by atoms with Crippen molar-refractivity contribution in [2.45, 2.75) is 6.18 Å². The van der Waals surface area contributed by atoms with Gasteiger partial charge in [0.15, 0.2) is 0 Å². The zero-order chi connectivity index (χ0) is 19.4. The van der Waals surface area contributed by atoms with E-state index in [0.29, 0.717) is 15.6 Å². The van der Waals surface area contributed by atoms with Crippen LogP contribution in [0.3, 0.4) is 0 Å². The summed E-state index contributed by atoms with van der Waals surface area (Å²) in [6, 6.07) is 14.8. The fraction of sp³-hybridized carbons (Fsp3) is 0.0526. The predicted octanol–water partition coefficient (Wildman–Crippen LogP) is 5.49. The summed E-state index contributed by atoms with van der Waals surface area (Å²) in [4.78, 5) is 12.0. The molecular weight excluding hydrogens is 425 g/mol. The van der Waals surface area contributed by atoms with Crippen LogP contribution in [0, 0.1) is 0 Å². The van der Waals surface area contributed by atoms with Crippen molar-refractivity contribution in [2.24, 2.45) is 5.10 Å². The largest absolute Gasteiger partial charge is 0.455 e. The maximum absolute atomic E-state index is 12.8. The second-order valence-corrected chi connectivity index (χ2v) is 6.31. The van der Waals surface area contributed by atoms with Gasteiger partial charge in [0.25, 0.3) is 5.91 Å². The van der Waals surface area contributed by atoms with E-state index in [9.17, 15) is 18.0 Å². The fourth-order valence-electron chi connectivity index (χ4n) is 2.29. The van der Waals surface area contributed by atoms with Gasteiger partial charge in [0.1, 0.15) is 11.5 Å². The second-order valence-electron chi connectivity index (χ2n) is 5.46. The van der Waals surface area contributed by atoms with Crippen LogP contribution in [0.1, 0.15) is 21.7 Å². The summed E-state index contributed by atoms with van der Waals surface area (Å²) in [7, 11) is 0. The molecule has 0 saturated carbocycles. The molecule has 2 aromatic carbocycles. The fourth-order valence-corrected chi connectivity index (χ4v) is 2.75. The number of hydrogen-bond donors (Lipinski definition) is 1. The van der Waals surface area contributed by atoms with Crippen LogP contribution in [0.5, 0.6) is 0 Å². The molecule has 138 valence electrons. The SMILES string of the molecule is O=C(N/N=C\c1ccc(-c2cccc(C(F)(F)F)c2)o1)c1ccccc1Br. The van der Waals surface area contributed by atoms with Crippen molar-refractivity contribution in [3.8, 4) is 11.3 Å². The molecule has 8 heteroatoms. The van der Waals surface area contributed by atoms with Gasteiger partial charge in [0, 0.05) is 10.0 Å². The van der Waals surface area contributed by atoms with Gasteiger partial charge in [-0.1, -0.05) is 24.3 Å². The van der Waals surface area contributed by atoms with Crippen molar-refractivity contribution in [3.05, 3.63) is 82.0 Å². The highest BCUT2D eigenvalue weighted by atomic mass is 79.9. The summed E-state index contributed by atoms with van der Waals surface area (Å²) in [5.74, 6) is 0.137. The monoisotopic (exact) mass is 436 g/mol. The molecule has 0 aliphatic heterocycles. The second kappa shape index (κ2) is 7.79. The minimum absolute atomic E-state index is 0.264. The number of nitrogens with zero attached hydrogens (tertiary/aromatic N) is 1. The molecule has 0 fully saturated rings. The number of rotatable bonds is 4. The number of furan rings is 1.